The smallest absolute Gasteiger partial charge is 0.359 e. The molecule has 9 nitrogen and oxygen atoms in total. The second-order valence-corrected chi connectivity index (χ2v) is 14.8. The Bertz CT molecular complexity index is 720. The van der Waals surface area contributed by atoms with Crippen LogP contribution < -0.4 is 0 Å². The van der Waals surface area contributed by atoms with Crippen molar-refractivity contribution in [3.05, 3.63) is 0 Å². The zero-order valence-corrected chi connectivity index (χ0v) is 22.0. The van der Waals surface area contributed by atoms with E-state index >= 15 is 0 Å². The van der Waals surface area contributed by atoms with Gasteiger partial charge in [-0.05, 0) is 40.5 Å². The van der Waals surface area contributed by atoms with E-state index in [0.29, 0.717) is 6.42 Å². The Kier molecular flexibility index (Phi) is 9.36. The van der Waals surface area contributed by atoms with Gasteiger partial charge in [0.1, 0.15) is 20.1 Å². The van der Waals surface area contributed by atoms with Gasteiger partial charge < -0.3 is 34.0 Å². The summed E-state index contributed by atoms with van der Waals surface area (Å²) in [7, 11) is -4.77. The van der Waals surface area contributed by atoms with Gasteiger partial charge in [-0.15, -0.1) is 0 Å². The third kappa shape index (κ3) is 6.68. The van der Waals surface area contributed by atoms with E-state index in [1.807, 2.05) is 6.92 Å². The van der Waals surface area contributed by atoms with Gasteiger partial charge in [-0.25, -0.2) is 0 Å². The summed E-state index contributed by atoms with van der Waals surface area (Å²) in [6.07, 6.45) is -2.08. The Morgan fingerprint density at radius 3 is 1.97 bits per heavy atom. The normalized spacial score (nSPS) is 33.6. The molecule has 0 saturated carbocycles. The molecular weight excluding hydrogens is 444 g/mol. The summed E-state index contributed by atoms with van der Waals surface area (Å²) >= 11 is 0. The van der Waals surface area contributed by atoms with Crippen molar-refractivity contribution in [2.45, 2.75) is 114 Å². The lowest BCUT2D eigenvalue weighted by Crippen LogP contribution is -2.42. The molecular formula is C18H40B2O9P2. The molecule has 31 heavy (non-hydrogen) atoms. The van der Waals surface area contributed by atoms with Crippen molar-refractivity contribution < 1.29 is 43.1 Å². The molecule has 0 spiro atoms. The van der Waals surface area contributed by atoms with Crippen LogP contribution in [-0.4, -0.2) is 82.1 Å². The first kappa shape index (κ1) is 29.3. The first-order chi connectivity index (χ1) is 13.8. The lowest BCUT2D eigenvalue weighted by molar-refractivity contribution is -0.0333. The largest absolute Gasteiger partial charge is 0.388 e. The number of rotatable bonds is 11. The second kappa shape index (κ2) is 9.89. The summed E-state index contributed by atoms with van der Waals surface area (Å²) in [5.41, 5.74) is -3.09. The van der Waals surface area contributed by atoms with Crippen molar-refractivity contribution in [3.8, 4) is 0 Å². The highest BCUT2D eigenvalue weighted by atomic mass is 31.2. The molecule has 1 fully saturated rings. The highest BCUT2D eigenvalue weighted by Gasteiger charge is 2.51. The van der Waals surface area contributed by atoms with E-state index in [9.17, 15) is 29.3 Å². The summed E-state index contributed by atoms with van der Waals surface area (Å²) in [5, 5.41) is 28.5. The maximum Gasteiger partial charge on any atom is 0.359 e. The molecule has 1 aliphatic rings. The molecule has 4 N–H and O–H groups in total. The van der Waals surface area contributed by atoms with Crippen LogP contribution in [0, 0.1) is 0 Å². The van der Waals surface area contributed by atoms with Gasteiger partial charge in [0.2, 0.25) is 7.57 Å². The van der Waals surface area contributed by atoms with Crippen molar-refractivity contribution in [1.82, 2.24) is 0 Å². The summed E-state index contributed by atoms with van der Waals surface area (Å²) < 4.78 is 43.5. The summed E-state index contributed by atoms with van der Waals surface area (Å²) in [6, 6.07) is -0.522. The number of hydrogen-bond acceptors (Lipinski definition) is 8. The van der Waals surface area contributed by atoms with Gasteiger partial charge in [-0.3, -0.25) is 9.09 Å². The van der Waals surface area contributed by atoms with Crippen LogP contribution in [0.2, 0.25) is 0 Å². The number of aliphatic hydroxyl groups excluding tert-OH is 2. The van der Waals surface area contributed by atoms with Crippen molar-refractivity contribution in [3.63, 3.8) is 0 Å². The SMILES string of the molecule is B[C@@H]1O[C@H](C[C@@](C)(CC)OP(B)(=O)C(C)C(C)(C)OP(=O)(O)[C@@](C)(O)CC)[C@@H](O)[C@H]1O. The number of aliphatic hydroxyl groups is 3. The number of hydrogen-bond donors (Lipinski definition) is 4. The van der Waals surface area contributed by atoms with Crippen LogP contribution in [0.25, 0.3) is 0 Å². The molecule has 0 aliphatic carbocycles. The van der Waals surface area contributed by atoms with Gasteiger partial charge in [-0.1, -0.05) is 20.8 Å². The molecule has 3 unspecified atom stereocenters. The first-order valence-corrected chi connectivity index (χ1v) is 14.5. The number of ether oxygens (including phenoxy) is 1. The Morgan fingerprint density at radius 1 is 1.06 bits per heavy atom. The third-order valence-corrected chi connectivity index (χ3v) is 11.8. The fourth-order valence-electron chi connectivity index (χ4n) is 3.55. The average Bonchev–Trinajstić information content (AvgIpc) is 2.86. The fraction of sp³-hybridized carbons (Fsp3) is 1.00. The molecule has 1 saturated heterocycles. The minimum Gasteiger partial charge on any atom is -0.388 e. The van der Waals surface area contributed by atoms with Crippen molar-refractivity contribution in [1.29, 1.82) is 0 Å². The molecule has 0 aromatic rings. The molecule has 0 radical (unpaired) electrons. The quantitative estimate of drug-likeness (QED) is 0.249. The van der Waals surface area contributed by atoms with Gasteiger partial charge in [0.05, 0.1) is 29.0 Å². The lowest BCUT2D eigenvalue weighted by atomic mass is 9.90. The van der Waals surface area contributed by atoms with Crippen LogP contribution >= 0.6 is 14.8 Å². The average molecular weight is 484 g/mol. The minimum atomic E-state index is -4.45. The van der Waals surface area contributed by atoms with E-state index in [1.54, 1.807) is 28.6 Å². The summed E-state index contributed by atoms with van der Waals surface area (Å²) in [4.78, 5) is 10.3. The van der Waals surface area contributed by atoms with Crippen molar-refractivity contribution >= 4 is 30.3 Å². The molecule has 0 amide bonds. The zero-order chi connectivity index (χ0) is 24.6. The van der Waals surface area contributed by atoms with E-state index in [-0.39, 0.29) is 12.8 Å². The Labute approximate surface area is 188 Å². The van der Waals surface area contributed by atoms with Crippen LogP contribution in [0.15, 0.2) is 0 Å². The minimum absolute atomic E-state index is 0.00736. The van der Waals surface area contributed by atoms with E-state index in [4.69, 9.17) is 13.8 Å². The van der Waals surface area contributed by atoms with Gasteiger partial charge in [0.25, 0.3) is 0 Å². The highest BCUT2D eigenvalue weighted by Crippen LogP contribution is 2.62. The fourth-order valence-corrected chi connectivity index (χ4v) is 7.44. The maximum atomic E-state index is 13.6. The van der Waals surface area contributed by atoms with Gasteiger partial charge >= 0.3 is 7.60 Å². The van der Waals surface area contributed by atoms with Gasteiger partial charge in [0, 0.05) is 6.42 Å². The molecule has 9 atom stereocenters. The monoisotopic (exact) mass is 484 g/mol. The third-order valence-electron chi connectivity index (χ3n) is 6.73. The van der Waals surface area contributed by atoms with Gasteiger partial charge in [0.15, 0.2) is 12.6 Å². The predicted octanol–water partition coefficient (Wildman–Crippen LogP) is 0.955. The summed E-state index contributed by atoms with van der Waals surface area (Å²) in [6.45, 7) is 11.1. The molecule has 0 bridgehead atoms. The first-order valence-electron chi connectivity index (χ1n) is 10.8. The van der Waals surface area contributed by atoms with Crippen LogP contribution in [0.3, 0.4) is 0 Å². The van der Waals surface area contributed by atoms with E-state index in [2.05, 4.69) is 0 Å². The Balaban J connectivity index is 3.04. The topological polar surface area (TPSA) is 143 Å². The molecule has 0 aromatic heterocycles. The molecule has 182 valence electrons. The van der Waals surface area contributed by atoms with E-state index < -0.39 is 61.4 Å². The molecule has 1 aliphatic heterocycles. The predicted molar refractivity (Wildman–Crippen MR) is 125 cm³/mol. The highest BCUT2D eigenvalue weighted by molar-refractivity contribution is 7.84. The molecule has 13 heteroatoms. The Hall–Kier alpha value is 0.310. The summed E-state index contributed by atoms with van der Waals surface area (Å²) in [5.74, 6) is 0. The standard InChI is InChI=1S/C18H40B2O9P2/c1-8-17(6,10-12-13(21)14(22)15(19)27-12)29-30(20,24)11(3)16(4,5)28-31(25,26)18(7,23)9-2/h11-15,21-23H,8-10,19-20H2,1-7H3,(H,25,26)/t11?,12-,13-,14-,15-,17-,18-,30?/m1/s1. The van der Waals surface area contributed by atoms with Crippen LogP contribution in [0.4, 0.5) is 0 Å². The zero-order valence-electron chi connectivity index (χ0n) is 20.2. The molecule has 0 aromatic carbocycles. The van der Waals surface area contributed by atoms with Crippen molar-refractivity contribution in [2.24, 2.45) is 0 Å². The van der Waals surface area contributed by atoms with E-state index in [1.165, 1.54) is 28.3 Å². The molecule has 1 heterocycles. The Morgan fingerprint density at radius 2 is 1.58 bits per heavy atom. The van der Waals surface area contributed by atoms with Crippen molar-refractivity contribution in [2.75, 3.05) is 0 Å². The van der Waals surface area contributed by atoms with Gasteiger partial charge in [-0.2, -0.15) is 0 Å². The molecule has 1 rings (SSSR count). The van der Waals surface area contributed by atoms with E-state index in [0.717, 1.165) is 0 Å². The second-order valence-electron chi connectivity index (χ2n) is 9.83. The lowest BCUT2D eigenvalue weighted by Gasteiger charge is -2.42. The van der Waals surface area contributed by atoms with Crippen LogP contribution in [0.5, 0.6) is 0 Å². The maximum absolute atomic E-state index is 13.6. The van der Waals surface area contributed by atoms with Crippen LogP contribution in [-0.2, 0) is 22.9 Å². The van der Waals surface area contributed by atoms with Crippen LogP contribution in [0.1, 0.15) is 67.7 Å².